The van der Waals surface area contributed by atoms with E-state index in [1.807, 2.05) is 30.5 Å². The van der Waals surface area contributed by atoms with Crippen LogP contribution in [0.1, 0.15) is 80.3 Å². The summed E-state index contributed by atoms with van der Waals surface area (Å²) in [6.45, 7) is 5.60. The van der Waals surface area contributed by atoms with E-state index in [4.69, 9.17) is 4.98 Å². The highest BCUT2D eigenvalue weighted by Crippen LogP contribution is 2.49. The average Bonchev–Trinajstić information content (AvgIpc) is 2.90. The van der Waals surface area contributed by atoms with Crippen molar-refractivity contribution in [2.45, 2.75) is 77.6 Å². The molecule has 0 spiro atoms. The summed E-state index contributed by atoms with van der Waals surface area (Å²) in [5.74, 6) is 1.32. The molecule has 0 radical (unpaired) electrons. The number of alkyl halides is 3. The Bertz CT molecular complexity index is 1090. The maximum absolute atomic E-state index is 12.8. The third-order valence-corrected chi connectivity index (χ3v) is 7.74. The molecule has 2 aliphatic carbocycles. The smallest absolute Gasteiger partial charge is 0.302 e. The van der Waals surface area contributed by atoms with Crippen molar-refractivity contribution in [1.29, 1.82) is 5.26 Å². The third-order valence-electron chi connectivity index (χ3n) is 7.74. The standard InChI is InChI=1S/C28H32F3N3/c1-4-19-12-25-26(14-32)24(13-23(21-6-5-7-21)17(2)27(25)34-15-19)22-10-8-20(9-11-22)16-33-18(3)28(29,30)31/h8-12,15,17-18,21,23,33H,4-7,13,16H2,1-3H3. The average molecular weight is 468 g/mol. The zero-order valence-corrected chi connectivity index (χ0v) is 20.0. The molecule has 180 valence electrons. The minimum Gasteiger partial charge on any atom is -0.302 e. The molecule has 6 heteroatoms. The van der Waals surface area contributed by atoms with Gasteiger partial charge in [-0.25, -0.2) is 0 Å². The second kappa shape index (κ2) is 9.92. The van der Waals surface area contributed by atoms with Crippen molar-refractivity contribution in [3.63, 3.8) is 0 Å². The van der Waals surface area contributed by atoms with E-state index in [0.717, 1.165) is 53.3 Å². The molecular weight excluding hydrogens is 435 g/mol. The summed E-state index contributed by atoms with van der Waals surface area (Å²) in [5.41, 5.74) is 6.53. The summed E-state index contributed by atoms with van der Waals surface area (Å²) in [6, 6.07) is 10.7. The zero-order valence-electron chi connectivity index (χ0n) is 20.0. The largest absolute Gasteiger partial charge is 0.403 e. The predicted molar refractivity (Wildman–Crippen MR) is 129 cm³/mol. The van der Waals surface area contributed by atoms with Crippen LogP contribution in [0.4, 0.5) is 13.2 Å². The first-order chi connectivity index (χ1) is 16.2. The number of nitrogens with zero attached hydrogens (tertiary/aromatic N) is 2. The van der Waals surface area contributed by atoms with Gasteiger partial charge in [-0.05, 0) is 59.9 Å². The van der Waals surface area contributed by atoms with Gasteiger partial charge in [-0.2, -0.15) is 18.4 Å². The summed E-state index contributed by atoms with van der Waals surface area (Å²) >= 11 is 0. The molecule has 0 aliphatic heterocycles. The molecule has 2 aliphatic rings. The molecule has 3 nitrogen and oxygen atoms in total. The van der Waals surface area contributed by atoms with Crippen molar-refractivity contribution >= 4 is 11.1 Å². The summed E-state index contributed by atoms with van der Waals surface area (Å²) in [5, 5.41) is 12.8. The normalized spacial score (nSPS) is 21.9. The van der Waals surface area contributed by atoms with E-state index in [1.165, 1.54) is 19.3 Å². The molecule has 1 heterocycles. The number of benzene rings is 1. The van der Waals surface area contributed by atoms with Gasteiger partial charge in [0.25, 0.3) is 0 Å². The molecule has 1 aromatic carbocycles. The van der Waals surface area contributed by atoms with Gasteiger partial charge in [-0.15, -0.1) is 0 Å². The lowest BCUT2D eigenvalue weighted by Crippen LogP contribution is -2.39. The highest BCUT2D eigenvalue weighted by molar-refractivity contribution is 5.98. The van der Waals surface area contributed by atoms with Crippen LogP contribution in [-0.2, 0) is 13.0 Å². The summed E-state index contributed by atoms with van der Waals surface area (Å²) in [7, 11) is 0. The molecular formula is C28H32F3N3. The molecule has 1 fully saturated rings. The number of aromatic nitrogens is 1. The van der Waals surface area contributed by atoms with Gasteiger partial charge in [0.05, 0.1) is 11.3 Å². The van der Waals surface area contributed by atoms with Gasteiger partial charge in [0, 0.05) is 24.2 Å². The lowest BCUT2D eigenvalue weighted by atomic mass is 9.68. The zero-order chi connectivity index (χ0) is 24.5. The van der Waals surface area contributed by atoms with Gasteiger partial charge in [-0.1, -0.05) is 57.4 Å². The number of nitrogens with one attached hydrogen (secondary N) is 1. The minimum absolute atomic E-state index is 0.138. The van der Waals surface area contributed by atoms with Crippen molar-refractivity contribution < 1.29 is 13.2 Å². The minimum atomic E-state index is -4.27. The third kappa shape index (κ3) is 4.90. The van der Waals surface area contributed by atoms with Gasteiger partial charge < -0.3 is 5.32 Å². The first-order valence-electron chi connectivity index (χ1n) is 12.2. The highest BCUT2D eigenvalue weighted by atomic mass is 19.4. The molecule has 3 atom stereocenters. The maximum Gasteiger partial charge on any atom is 0.403 e. The second-order valence-corrected chi connectivity index (χ2v) is 9.78. The molecule has 1 aromatic heterocycles. The topological polar surface area (TPSA) is 48.7 Å². The van der Waals surface area contributed by atoms with Crippen LogP contribution < -0.4 is 5.32 Å². The van der Waals surface area contributed by atoms with Crippen LogP contribution in [0.25, 0.3) is 11.1 Å². The Morgan fingerprint density at radius 2 is 1.88 bits per heavy atom. The van der Waals surface area contributed by atoms with Crippen LogP contribution in [-0.4, -0.2) is 17.2 Å². The van der Waals surface area contributed by atoms with Crippen molar-refractivity contribution in [1.82, 2.24) is 10.3 Å². The van der Waals surface area contributed by atoms with E-state index in [9.17, 15) is 18.4 Å². The van der Waals surface area contributed by atoms with Gasteiger partial charge in [0.1, 0.15) is 12.1 Å². The van der Waals surface area contributed by atoms with E-state index in [-0.39, 0.29) is 12.5 Å². The second-order valence-electron chi connectivity index (χ2n) is 9.78. The first kappa shape index (κ1) is 24.5. The fourth-order valence-electron chi connectivity index (χ4n) is 5.20. The van der Waals surface area contributed by atoms with Crippen molar-refractivity contribution in [2.75, 3.05) is 0 Å². The molecule has 1 saturated carbocycles. The Balaban J connectivity index is 1.70. The summed E-state index contributed by atoms with van der Waals surface area (Å²) in [4.78, 5) is 4.84. The number of rotatable bonds is 6. The molecule has 4 rings (SSSR count). The Hall–Kier alpha value is -2.65. The van der Waals surface area contributed by atoms with Crippen LogP contribution in [0.15, 0.2) is 36.5 Å². The number of pyridine rings is 1. The van der Waals surface area contributed by atoms with Crippen LogP contribution in [0.5, 0.6) is 0 Å². The lowest BCUT2D eigenvalue weighted by molar-refractivity contribution is -0.151. The molecule has 2 aromatic rings. The SMILES string of the molecule is CCc1cnc2c(c1)C(C#N)=C(c1ccc(CNC(C)C(F)(F)F)cc1)CC(C1CCC1)C2C. The number of hydrogen-bond donors (Lipinski definition) is 1. The van der Waals surface area contributed by atoms with Gasteiger partial charge in [-0.3, -0.25) is 4.98 Å². The summed E-state index contributed by atoms with van der Waals surface area (Å²) < 4.78 is 38.5. The van der Waals surface area contributed by atoms with Gasteiger partial charge in [0.2, 0.25) is 0 Å². The lowest BCUT2D eigenvalue weighted by Gasteiger charge is -2.37. The number of halogens is 3. The van der Waals surface area contributed by atoms with E-state index in [1.54, 1.807) is 0 Å². The van der Waals surface area contributed by atoms with Gasteiger partial charge >= 0.3 is 6.18 Å². The molecule has 34 heavy (non-hydrogen) atoms. The Kier molecular flexibility index (Phi) is 7.14. The Morgan fingerprint density at radius 3 is 2.44 bits per heavy atom. The fourth-order valence-corrected chi connectivity index (χ4v) is 5.20. The molecule has 0 bridgehead atoms. The van der Waals surface area contributed by atoms with Crippen LogP contribution in [0, 0.1) is 23.2 Å². The molecule has 1 N–H and O–H groups in total. The number of aryl methyl sites for hydroxylation is 1. The fraction of sp³-hybridized carbons (Fsp3) is 0.500. The van der Waals surface area contributed by atoms with Crippen molar-refractivity contribution in [3.8, 4) is 6.07 Å². The maximum atomic E-state index is 12.8. The first-order valence-corrected chi connectivity index (χ1v) is 12.2. The highest BCUT2D eigenvalue weighted by Gasteiger charge is 2.38. The van der Waals surface area contributed by atoms with E-state index in [2.05, 4.69) is 31.3 Å². The van der Waals surface area contributed by atoms with Crippen LogP contribution >= 0.6 is 0 Å². The van der Waals surface area contributed by atoms with E-state index < -0.39 is 12.2 Å². The van der Waals surface area contributed by atoms with Gasteiger partial charge in [0.15, 0.2) is 0 Å². The molecule has 0 amide bonds. The monoisotopic (exact) mass is 467 g/mol. The summed E-state index contributed by atoms with van der Waals surface area (Å²) in [6.07, 6.45) is 3.03. The Morgan fingerprint density at radius 1 is 1.18 bits per heavy atom. The predicted octanol–water partition coefficient (Wildman–Crippen LogP) is 7.04. The quantitative estimate of drug-likeness (QED) is 0.496. The Labute approximate surface area is 200 Å². The number of allylic oxidation sites excluding steroid dienone is 2. The number of nitriles is 1. The van der Waals surface area contributed by atoms with Crippen molar-refractivity contribution in [3.05, 3.63) is 64.5 Å². The van der Waals surface area contributed by atoms with E-state index in [0.29, 0.717) is 17.4 Å². The number of hydrogen-bond acceptors (Lipinski definition) is 3. The molecule has 0 saturated heterocycles. The van der Waals surface area contributed by atoms with Crippen molar-refractivity contribution in [2.24, 2.45) is 11.8 Å². The molecule has 3 unspecified atom stereocenters. The van der Waals surface area contributed by atoms with Crippen LogP contribution in [0.3, 0.4) is 0 Å². The van der Waals surface area contributed by atoms with E-state index >= 15 is 0 Å². The number of fused-ring (bicyclic) bond motifs is 1. The van der Waals surface area contributed by atoms with Crippen LogP contribution in [0.2, 0.25) is 0 Å².